The van der Waals surface area contributed by atoms with Gasteiger partial charge in [0.15, 0.2) is 0 Å². The van der Waals surface area contributed by atoms with Crippen LogP contribution in [0, 0.1) is 6.92 Å². The van der Waals surface area contributed by atoms with Gasteiger partial charge in [-0.25, -0.2) is 4.68 Å². The fraction of sp³-hybridized carbons (Fsp3) is 0.227. The maximum Gasteiger partial charge on any atom is 0.259 e. The van der Waals surface area contributed by atoms with E-state index >= 15 is 0 Å². The van der Waals surface area contributed by atoms with Crippen molar-refractivity contribution in [3.8, 4) is 5.69 Å². The highest BCUT2D eigenvalue weighted by molar-refractivity contribution is 6.09. The third-order valence-electron chi connectivity index (χ3n) is 4.96. The number of benzene rings is 2. The lowest BCUT2D eigenvalue weighted by Crippen LogP contribution is -2.41. The van der Waals surface area contributed by atoms with E-state index in [1.165, 1.54) is 0 Å². The molecule has 2 aromatic carbocycles. The van der Waals surface area contributed by atoms with Gasteiger partial charge in [-0.3, -0.25) is 9.59 Å². The topological polar surface area (TPSA) is 76.5 Å². The lowest BCUT2D eigenvalue weighted by molar-refractivity contribution is 0.0303. The summed E-state index contributed by atoms with van der Waals surface area (Å²) in [5.41, 5.74) is 3.02. The number of nitrogens with one attached hydrogen (secondary N) is 1. The first-order valence-electron chi connectivity index (χ1n) is 9.52. The van der Waals surface area contributed by atoms with E-state index in [1.54, 1.807) is 40.0 Å². The molecule has 0 atom stereocenters. The summed E-state index contributed by atoms with van der Waals surface area (Å²) >= 11 is 0. The van der Waals surface area contributed by atoms with Crippen LogP contribution in [0.1, 0.15) is 26.4 Å². The number of nitrogens with zero attached hydrogens (tertiary/aromatic N) is 3. The van der Waals surface area contributed by atoms with Crippen molar-refractivity contribution in [1.82, 2.24) is 14.7 Å². The molecule has 29 heavy (non-hydrogen) atoms. The van der Waals surface area contributed by atoms with Crippen molar-refractivity contribution in [2.45, 2.75) is 6.92 Å². The first-order chi connectivity index (χ1) is 14.1. The molecule has 3 aromatic rings. The van der Waals surface area contributed by atoms with Gasteiger partial charge in [0, 0.05) is 13.1 Å². The van der Waals surface area contributed by atoms with Crippen LogP contribution >= 0.6 is 0 Å². The highest BCUT2D eigenvalue weighted by atomic mass is 16.5. The van der Waals surface area contributed by atoms with Crippen molar-refractivity contribution in [1.29, 1.82) is 0 Å². The Morgan fingerprint density at radius 3 is 2.41 bits per heavy atom. The minimum Gasteiger partial charge on any atom is -0.378 e. The number of aromatic nitrogens is 2. The maximum absolute atomic E-state index is 12.9. The molecule has 0 bridgehead atoms. The molecule has 1 N–H and O–H groups in total. The normalized spacial score (nSPS) is 13.9. The molecule has 2 amide bonds. The lowest BCUT2D eigenvalue weighted by atomic mass is 10.1. The highest BCUT2D eigenvalue weighted by Gasteiger charge is 2.22. The predicted molar refractivity (Wildman–Crippen MR) is 109 cm³/mol. The van der Waals surface area contributed by atoms with E-state index in [9.17, 15) is 9.59 Å². The van der Waals surface area contributed by atoms with Crippen LogP contribution in [0.3, 0.4) is 0 Å². The third-order valence-corrected chi connectivity index (χ3v) is 4.96. The number of carbonyl (C=O) groups is 2. The third kappa shape index (κ3) is 3.90. The van der Waals surface area contributed by atoms with Gasteiger partial charge >= 0.3 is 0 Å². The summed E-state index contributed by atoms with van der Waals surface area (Å²) in [7, 11) is 0. The molecule has 0 aliphatic carbocycles. The summed E-state index contributed by atoms with van der Waals surface area (Å²) in [5, 5.41) is 7.23. The SMILES string of the molecule is Cc1c(C(=O)Nc2ccccc2C(=O)N2CCOCC2)cnn1-c1ccccc1. The number of para-hydroxylation sites is 2. The molecule has 1 aliphatic heterocycles. The standard InChI is InChI=1S/C22H22N4O3/c1-16-19(15-23-26(16)17-7-3-2-4-8-17)21(27)24-20-10-6-5-9-18(20)22(28)25-11-13-29-14-12-25/h2-10,15H,11-14H2,1H3,(H,24,27). The molecule has 0 spiro atoms. The van der Waals surface area contributed by atoms with E-state index in [0.29, 0.717) is 43.1 Å². The number of morpholine rings is 1. The molecule has 1 aliphatic rings. The minimum atomic E-state index is -0.299. The first kappa shape index (κ1) is 18.9. The molecular formula is C22H22N4O3. The molecule has 7 nitrogen and oxygen atoms in total. The van der Waals surface area contributed by atoms with Gasteiger partial charge in [-0.1, -0.05) is 30.3 Å². The number of hydrogen-bond donors (Lipinski definition) is 1. The van der Waals surface area contributed by atoms with Crippen LogP contribution in [0.25, 0.3) is 5.69 Å². The largest absolute Gasteiger partial charge is 0.378 e. The van der Waals surface area contributed by atoms with Gasteiger partial charge < -0.3 is 15.0 Å². The molecule has 1 fully saturated rings. The zero-order chi connectivity index (χ0) is 20.2. The second kappa shape index (κ2) is 8.28. The van der Waals surface area contributed by atoms with Gasteiger partial charge in [-0.15, -0.1) is 0 Å². The van der Waals surface area contributed by atoms with Crippen LogP contribution in [-0.4, -0.2) is 52.8 Å². The molecule has 0 saturated carbocycles. The van der Waals surface area contributed by atoms with Gasteiger partial charge in [0.25, 0.3) is 11.8 Å². The fourth-order valence-electron chi connectivity index (χ4n) is 3.37. The van der Waals surface area contributed by atoms with Crippen molar-refractivity contribution in [3.05, 3.63) is 77.6 Å². The van der Waals surface area contributed by atoms with Gasteiger partial charge in [0.05, 0.1) is 47.6 Å². The van der Waals surface area contributed by atoms with E-state index in [1.807, 2.05) is 37.3 Å². The van der Waals surface area contributed by atoms with Gasteiger partial charge in [0.2, 0.25) is 0 Å². The number of carbonyl (C=O) groups excluding carboxylic acids is 2. The maximum atomic E-state index is 12.9. The van der Waals surface area contributed by atoms with Gasteiger partial charge in [0.1, 0.15) is 0 Å². The van der Waals surface area contributed by atoms with Gasteiger partial charge in [-0.2, -0.15) is 5.10 Å². The first-order valence-corrected chi connectivity index (χ1v) is 9.52. The van der Waals surface area contributed by atoms with Gasteiger partial charge in [-0.05, 0) is 31.2 Å². The zero-order valence-corrected chi connectivity index (χ0v) is 16.2. The average Bonchev–Trinajstić information content (AvgIpc) is 3.16. The zero-order valence-electron chi connectivity index (χ0n) is 16.2. The van der Waals surface area contributed by atoms with Crippen molar-refractivity contribution in [2.24, 2.45) is 0 Å². The Balaban J connectivity index is 1.57. The second-order valence-electron chi connectivity index (χ2n) is 6.80. The summed E-state index contributed by atoms with van der Waals surface area (Å²) in [6.45, 7) is 3.99. The van der Waals surface area contributed by atoms with E-state index in [2.05, 4.69) is 10.4 Å². The summed E-state index contributed by atoms with van der Waals surface area (Å²) in [6, 6.07) is 16.7. The van der Waals surface area contributed by atoms with Crippen molar-refractivity contribution >= 4 is 17.5 Å². The quantitative estimate of drug-likeness (QED) is 0.743. The Hall–Kier alpha value is -3.45. The molecule has 7 heteroatoms. The number of hydrogen-bond acceptors (Lipinski definition) is 4. The van der Waals surface area contributed by atoms with Crippen LogP contribution in [0.5, 0.6) is 0 Å². The molecule has 148 valence electrons. The molecule has 4 rings (SSSR count). The van der Waals surface area contributed by atoms with Crippen LogP contribution in [0.2, 0.25) is 0 Å². The minimum absolute atomic E-state index is 0.110. The smallest absolute Gasteiger partial charge is 0.259 e. The Labute approximate surface area is 168 Å². The Kier molecular flexibility index (Phi) is 5.39. The second-order valence-corrected chi connectivity index (χ2v) is 6.80. The average molecular weight is 390 g/mol. The summed E-state index contributed by atoms with van der Waals surface area (Å²) < 4.78 is 7.04. The molecular weight excluding hydrogens is 368 g/mol. The fourth-order valence-corrected chi connectivity index (χ4v) is 3.37. The van der Waals surface area contributed by atoms with E-state index in [-0.39, 0.29) is 11.8 Å². The van der Waals surface area contributed by atoms with Crippen molar-refractivity contribution < 1.29 is 14.3 Å². The molecule has 1 saturated heterocycles. The highest BCUT2D eigenvalue weighted by Crippen LogP contribution is 2.21. The van der Waals surface area contributed by atoms with E-state index in [0.717, 1.165) is 11.4 Å². The molecule has 1 aromatic heterocycles. The predicted octanol–water partition coefficient (Wildman–Crippen LogP) is 2.91. The van der Waals surface area contributed by atoms with E-state index < -0.39 is 0 Å². The van der Waals surface area contributed by atoms with E-state index in [4.69, 9.17) is 4.74 Å². The Morgan fingerprint density at radius 2 is 1.66 bits per heavy atom. The number of anilines is 1. The lowest BCUT2D eigenvalue weighted by Gasteiger charge is -2.27. The van der Waals surface area contributed by atoms with Crippen LogP contribution in [-0.2, 0) is 4.74 Å². The molecule has 2 heterocycles. The van der Waals surface area contributed by atoms with Crippen LogP contribution in [0.15, 0.2) is 60.8 Å². The summed E-state index contributed by atoms with van der Waals surface area (Å²) in [6.07, 6.45) is 1.55. The van der Waals surface area contributed by atoms with Crippen molar-refractivity contribution in [3.63, 3.8) is 0 Å². The monoisotopic (exact) mass is 390 g/mol. The van der Waals surface area contributed by atoms with Crippen LogP contribution in [0.4, 0.5) is 5.69 Å². The van der Waals surface area contributed by atoms with Crippen molar-refractivity contribution in [2.75, 3.05) is 31.6 Å². The summed E-state index contributed by atoms with van der Waals surface area (Å²) in [4.78, 5) is 27.6. The molecule has 0 unspecified atom stereocenters. The summed E-state index contributed by atoms with van der Waals surface area (Å²) in [5.74, 6) is -0.409. The molecule has 0 radical (unpaired) electrons. The number of amides is 2. The Bertz CT molecular complexity index is 1020. The number of ether oxygens (including phenoxy) is 1. The Morgan fingerprint density at radius 1 is 0.966 bits per heavy atom. The number of rotatable bonds is 4. The van der Waals surface area contributed by atoms with Crippen LogP contribution < -0.4 is 5.32 Å².